The number of carbonyl (C=O) groups is 2. The number of carbonyl (C=O) groups excluding carboxylic acids is 2. The average Bonchev–Trinajstić information content (AvgIpc) is 3.06. The first kappa shape index (κ1) is 20.6. The topological polar surface area (TPSA) is 61.9 Å². The highest BCUT2D eigenvalue weighted by Crippen LogP contribution is 2.14. The van der Waals surface area contributed by atoms with E-state index in [0.717, 1.165) is 23.3 Å². The number of urea groups is 1. The molecule has 0 spiro atoms. The van der Waals surface area contributed by atoms with E-state index in [4.69, 9.17) is 4.74 Å². The second-order valence-corrected chi connectivity index (χ2v) is 7.02. The summed E-state index contributed by atoms with van der Waals surface area (Å²) in [5.41, 5.74) is 1.82. The van der Waals surface area contributed by atoms with E-state index in [-0.39, 0.29) is 24.3 Å². The van der Waals surface area contributed by atoms with Crippen molar-refractivity contribution in [3.05, 3.63) is 65.5 Å². The predicted octanol–water partition coefficient (Wildman–Crippen LogP) is 3.17. The summed E-state index contributed by atoms with van der Waals surface area (Å²) < 4.78 is 18.5. The maximum absolute atomic E-state index is 13.0. The Morgan fingerprint density at radius 3 is 2.38 bits per heavy atom. The Morgan fingerprint density at radius 1 is 1.03 bits per heavy atom. The number of hydrogen-bond acceptors (Lipinski definition) is 3. The number of benzene rings is 2. The Kier molecular flexibility index (Phi) is 7.05. The van der Waals surface area contributed by atoms with Gasteiger partial charge in [0.15, 0.2) is 0 Å². The molecule has 1 N–H and O–H groups in total. The van der Waals surface area contributed by atoms with E-state index in [1.807, 2.05) is 24.3 Å². The zero-order valence-electron chi connectivity index (χ0n) is 16.6. The van der Waals surface area contributed by atoms with Gasteiger partial charge in [-0.1, -0.05) is 31.2 Å². The Bertz CT molecular complexity index is 824. The van der Waals surface area contributed by atoms with Gasteiger partial charge < -0.3 is 19.9 Å². The SMILES string of the molecule is CCCOc1ccc(CNC(=O)CN2CCN(Cc3ccc(F)cc3)C2=O)cc1. The van der Waals surface area contributed by atoms with Gasteiger partial charge in [0, 0.05) is 26.2 Å². The highest BCUT2D eigenvalue weighted by molar-refractivity contribution is 5.85. The fourth-order valence-corrected chi connectivity index (χ4v) is 3.09. The van der Waals surface area contributed by atoms with Crippen LogP contribution in [0.1, 0.15) is 24.5 Å². The van der Waals surface area contributed by atoms with Crippen LogP contribution in [0.3, 0.4) is 0 Å². The van der Waals surface area contributed by atoms with E-state index < -0.39 is 0 Å². The molecule has 29 heavy (non-hydrogen) atoms. The molecule has 0 saturated carbocycles. The molecule has 0 aromatic heterocycles. The highest BCUT2D eigenvalue weighted by Gasteiger charge is 2.29. The van der Waals surface area contributed by atoms with Crippen molar-refractivity contribution in [2.24, 2.45) is 0 Å². The van der Waals surface area contributed by atoms with Gasteiger partial charge in [0.2, 0.25) is 5.91 Å². The van der Waals surface area contributed by atoms with Crippen molar-refractivity contribution in [2.75, 3.05) is 26.2 Å². The summed E-state index contributed by atoms with van der Waals surface area (Å²) in [6.07, 6.45) is 0.953. The fraction of sp³-hybridized carbons (Fsp3) is 0.364. The molecule has 2 aromatic rings. The summed E-state index contributed by atoms with van der Waals surface area (Å²) in [4.78, 5) is 27.9. The van der Waals surface area contributed by atoms with Crippen molar-refractivity contribution in [3.8, 4) is 5.75 Å². The van der Waals surface area contributed by atoms with Crippen LogP contribution in [0.4, 0.5) is 9.18 Å². The maximum Gasteiger partial charge on any atom is 0.320 e. The number of nitrogens with one attached hydrogen (secondary N) is 1. The molecular formula is C22H26FN3O3. The Balaban J connectivity index is 1.43. The van der Waals surface area contributed by atoms with Gasteiger partial charge in [0.1, 0.15) is 18.1 Å². The van der Waals surface area contributed by atoms with Gasteiger partial charge in [-0.15, -0.1) is 0 Å². The quantitative estimate of drug-likeness (QED) is 0.705. The summed E-state index contributed by atoms with van der Waals surface area (Å²) in [5, 5.41) is 2.85. The van der Waals surface area contributed by atoms with Crippen molar-refractivity contribution in [2.45, 2.75) is 26.4 Å². The lowest BCUT2D eigenvalue weighted by atomic mass is 10.2. The van der Waals surface area contributed by atoms with Crippen LogP contribution >= 0.6 is 0 Å². The van der Waals surface area contributed by atoms with Gasteiger partial charge in [-0.05, 0) is 41.8 Å². The van der Waals surface area contributed by atoms with Crippen molar-refractivity contribution in [1.82, 2.24) is 15.1 Å². The highest BCUT2D eigenvalue weighted by atomic mass is 19.1. The molecule has 1 saturated heterocycles. The second-order valence-electron chi connectivity index (χ2n) is 7.02. The van der Waals surface area contributed by atoms with Crippen molar-refractivity contribution < 1.29 is 18.7 Å². The normalized spacial score (nSPS) is 13.7. The summed E-state index contributed by atoms with van der Waals surface area (Å²) in [7, 11) is 0. The zero-order chi connectivity index (χ0) is 20.6. The van der Waals surface area contributed by atoms with Crippen LogP contribution in [0.2, 0.25) is 0 Å². The molecule has 2 aromatic carbocycles. The Labute approximate surface area is 170 Å². The van der Waals surface area contributed by atoms with Gasteiger partial charge in [-0.2, -0.15) is 0 Å². The monoisotopic (exact) mass is 399 g/mol. The van der Waals surface area contributed by atoms with E-state index in [1.54, 1.807) is 17.0 Å². The minimum absolute atomic E-state index is 0.0243. The van der Waals surface area contributed by atoms with Crippen LogP contribution in [0.25, 0.3) is 0 Å². The number of amides is 3. The van der Waals surface area contributed by atoms with Crippen LogP contribution < -0.4 is 10.1 Å². The molecule has 6 nitrogen and oxygen atoms in total. The van der Waals surface area contributed by atoms with Crippen LogP contribution in [-0.4, -0.2) is 48.0 Å². The van der Waals surface area contributed by atoms with Gasteiger partial charge in [-0.25, -0.2) is 9.18 Å². The Morgan fingerprint density at radius 2 is 1.69 bits per heavy atom. The molecule has 1 aliphatic heterocycles. The molecule has 0 unspecified atom stereocenters. The summed E-state index contributed by atoms with van der Waals surface area (Å²) in [6, 6.07) is 13.5. The molecule has 0 atom stereocenters. The minimum atomic E-state index is -0.303. The van der Waals surface area contributed by atoms with Gasteiger partial charge >= 0.3 is 6.03 Å². The zero-order valence-corrected chi connectivity index (χ0v) is 16.6. The minimum Gasteiger partial charge on any atom is -0.494 e. The number of nitrogens with zero attached hydrogens (tertiary/aromatic N) is 2. The van der Waals surface area contributed by atoms with Crippen molar-refractivity contribution in [3.63, 3.8) is 0 Å². The summed E-state index contributed by atoms with van der Waals surface area (Å²) in [6.45, 7) is 4.60. The lowest BCUT2D eigenvalue weighted by Crippen LogP contribution is -2.39. The number of halogens is 1. The van der Waals surface area contributed by atoms with Crippen molar-refractivity contribution >= 4 is 11.9 Å². The summed E-state index contributed by atoms with van der Waals surface area (Å²) >= 11 is 0. The first-order chi connectivity index (χ1) is 14.0. The first-order valence-electron chi connectivity index (χ1n) is 9.82. The predicted molar refractivity (Wildman–Crippen MR) is 108 cm³/mol. The van der Waals surface area contributed by atoms with Gasteiger partial charge in [0.25, 0.3) is 0 Å². The third-order valence-corrected chi connectivity index (χ3v) is 4.69. The van der Waals surface area contributed by atoms with Crippen LogP contribution in [0.5, 0.6) is 5.75 Å². The van der Waals surface area contributed by atoms with Crippen LogP contribution in [0, 0.1) is 5.82 Å². The third kappa shape index (κ3) is 5.94. The van der Waals surface area contributed by atoms with Gasteiger partial charge in [0.05, 0.1) is 6.61 Å². The van der Waals surface area contributed by atoms with Crippen LogP contribution in [0.15, 0.2) is 48.5 Å². The first-order valence-corrected chi connectivity index (χ1v) is 9.82. The van der Waals surface area contributed by atoms with Crippen LogP contribution in [-0.2, 0) is 17.9 Å². The molecular weight excluding hydrogens is 373 g/mol. The van der Waals surface area contributed by atoms with Gasteiger partial charge in [-0.3, -0.25) is 4.79 Å². The largest absolute Gasteiger partial charge is 0.494 e. The molecule has 3 rings (SSSR count). The molecule has 3 amide bonds. The number of rotatable bonds is 9. The maximum atomic E-state index is 13.0. The van der Waals surface area contributed by atoms with E-state index in [0.29, 0.717) is 32.8 Å². The summed E-state index contributed by atoms with van der Waals surface area (Å²) in [5.74, 6) is 0.307. The molecule has 1 fully saturated rings. The lowest BCUT2D eigenvalue weighted by Gasteiger charge is -2.18. The Hall–Kier alpha value is -3.09. The van der Waals surface area contributed by atoms with E-state index >= 15 is 0 Å². The lowest BCUT2D eigenvalue weighted by molar-refractivity contribution is -0.121. The average molecular weight is 399 g/mol. The molecule has 7 heteroatoms. The van der Waals surface area contributed by atoms with E-state index in [9.17, 15) is 14.0 Å². The smallest absolute Gasteiger partial charge is 0.320 e. The molecule has 0 bridgehead atoms. The van der Waals surface area contributed by atoms with E-state index in [1.165, 1.54) is 17.0 Å². The molecule has 1 aliphatic rings. The number of hydrogen-bond donors (Lipinski definition) is 1. The molecule has 1 heterocycles. The number of ether oxygens (including phenoxy) is 1. The third-order valence-electron chi connectivity index (χ3n) is 4.69. The second kappa shape index (κ2) is 9.91. The van der Waals surface area contributed by atoms with E-state index in [2.05, 4.69) is 12.2 Å². The molecule has 0 aliphatic carbocycles. The van der Waals surface area contributed by atoms with Crippen molar-refractivity contribution in [1.29, 1.82) is 0 Å². The molecule has 154 valence electrons. The fourth-order valence-electron chi connectivity index (χ4n) is 3.09. The molecule has 0 radical (unpaired) electrons. The standard InChI is InChI=1S/C22H26FN3O3/c1-2-13-29-20-9-5-17(6-10-20)14-24-21(27)16-26-12-11-25(22(26)28)15-18-3-7-19(23)8-4-18/h3-10H,2,11-16H2,1H3,(H,24,27).